The van der Waals surface area contributed by atoms with Crippen molar-refractivity contribution in [2.24, 2.45) is 5.73 Å². The number of nitrogens with two attached hydrogens (primary N) is 1. The van der Waals surface area contributed by atoms with E-state index in [9.17, 15) is 20.4 Å². The highest BCUT2D eigenvalue weighted by Gasteiger charge is 2.52. The van der Waals surface area contributed by atoms with Crippen LogP contribution in [0.3, 0.4) is 0 Å². The van der Waals surface area contributed by atoms with Gasteiger partial charge in [-0.15, -0.1) is 0 Å². The first-order valence-electron chi connectivity index (χ1n) is 7.16. The highest BCUT2D eigenvalue weighted by Crippen LogP contribution is 2.32. The molecule has 0 bridgehead atoms. The average Bonchev–Trinajstić information content (AvgIpc) is 2.41. The van der Waals surface area contributed by atoms with Crippen LogP contribution in [0.1, 0.15) is 39.0 Å². The van der Waals surface area contributed by atoms with Gasteiger partial charge >= 0.3 is 0 Å². The summed E-state index contributed by atoms with van der Waals surface area (Å²) < 4.78 is 5.16. The molecule has 1 aliphatic rings. The zero-order valence-corrected chi connectivity index (χ0v) is 11.9. The third-order valence-electron chi connectivity index (χ3n) is 3.79. The van der Waals surface area contributed by atoms with Crippen LogP contribution in [0.15, 0.2) is 0 Å². The Hall–Kier alpha value is -0.280. The van der Waals surface area contributed by atoms with Crippen molar-refractivity contribution in [3.8, 4) is 0 Å². The van der Waals surface area contributed by atoms with Crippen molar-refractivity contribution in [1.82, 2.24) is 0 Å². The van der Waals surface area contributed by atoms with E-state index < -0.39 is 42.9 Å². The molecule has 6 atom stereocenters. The number of ether oxygens (including phenoxy) is 1. The van der Waals surface area contributed by atoms with E-state index in [0.29, 0.717) is 6.42 Å². The average molecular weight is 293 g/mol. The molecule has 1 heterocycles. The maximum absolute atomic E-state index is 10.3. The number of hydrogen-bond donors (Lipinski definition) is 6. The Morgan fingerprint density at radius 1 is 1.20 bits per heavy atom. The van der Waals surface area contributed by atoms with Crippen molar-refractivity contribution < 1.29 is 30.3 Å². The molecule has 7 heteroatoms. The van der Waals surface area contributed by atoms with E-state index in [2.05, 4.69) is 6.92 Å². The summed E-state index contributed by atoms with van der Waals surface area (Å²) in [6.07, 6.45) is -2.30. The summed E-state index contributed by atoms with van der Waals surface area (Å²) in [6.45, 7) is 1.50. The Bertz CT molecular complexity index is 290. The molecule has 0 aromatic rings. The predicted octanol–water partition coefficient (Wildman–Crippen LogP) is -1.55. The number of rotatable bonds is 7. The summed E-state index contributed by atoms with van der Waals surface area (Å²) >= 11 is 0. The molecule has 1 aliphatic heterocycles. The molecular formula is C13H27NO6. The van der Waals surface area contributed by atoms with Gasteiger partial charge in [-0.25, -0.2) is 0 Å². The van der Waals surface area contributed by atoms with Gasteiger partial charge < -0.3 is 36.0 Å². The van der Waals surface area contributed by atoms with E-state index in [1.807, 2.05) is 0 Å². The van der Waals surface area contributed by atoms with Crippen LogP contribution in [0, 0.1) is 0 Å². The van der Waals surface area contributed by atoms with Crippen LogP contribution < -0.4 is 5.73 Å². The van der Waals surface area contributed by atoms with Gasteiger partial charge in [-0.2, -0.15) is 0 Å². The number of hydrogen-bond acceptors (Lipinski definition) is 7. The monoisotopic (exact) mass is 293 g/mol. The fraction of sp³-hybridized carbons (Fsp3) is 1.00. The maximum Gasteiger partial charge on any atom is 0.196 e. The van der Waals surface area contributed by atoms with Gasteiger partial charge in [-0.05, 0) is 6.42 Å². The second-order valence-electron chi connectivity index (χ2n) is 5.57. The fourth-order valence-corrected chi connectivity index (χ4v) is 2.52. The minimum Gasteiger partial charge on any atom is -0.394 e. The van der Waals surface area contributed by atoms with Gasteiger partial charge in [-0.1, -0.05) is 26.2 Å². The van der Waals surface area contributed by atoms with Crippen molar-refractivity contribution in [3.63, 3.8) is 0 Å². The Kier molecular flexibility index (Phi) is 6.80. The van der Waals surface area contributed by atoms with Gasteiger partial charge in [0, 0.05) is 12.5 Å². The largest absolute Gasteiger partial charge is 0.394 e. The van der Waals surface area contributed by atoms with Gasteiger partial charge in [0.05, 0.1) is 6.61 Å². The molecule has 0 aliphatic carbocycles. The molecule has 0 aromatic carbocycles. The lowest BCUT2D eigenvalue weighted by Gasteiger charge is -2.46. The molecule has 7 nitrogen and oxygen atoms in total. The van der Waals surface area contributed by atoms with Crippen LogP contribution >= 0.6 is 0 Å². The molecule has 20 heavy (non-hydrogen) atoms. The molecule has 1 saturated heterocycles. The van der Waals surface area contributed by atoms with Crippen LogP contribution in [0.5, 0.6) is 0 Å². The second kappa shape index (κ2) is 7.65. The van der Waals surface area contributed by atoms with Crippen molar-refractivity contribution in [3.05, 3.63) is 0 Å². The zero-order valence-electron chi connectivity index (χ0n) is 11.9. The summed E-state index contributed by atoms with van der Waals surface area (Å²) in [4.78, 5) is 0. The van der Waals surface area contributed by atoms with Gasteiger partial charge in [0.25, 0.3) is 0 Å². The van der Waals surface area contributed by atoms with Crippen LogP contribution in [0.4, 0.5) is 0 Å². The maximum atomic E-state index is 10.3. The minimum absolute atomic E-state index is 0.0713. The van der Waals surface area contributed by atoms with Crippen molar-refractivity contribution in [2.45, 2.75) is 75.3 Å². The van der Waals surface area contributed by atoms with Gasteiger partial charge in [0.15, 0.2) is 5.79 Å². The molecular weight excluding hydrogens is 266 g/mol. The highest BCUT2D eigenvalue weighted by molar-refractivity contribution is 4.97. The van der Waals surface area contributed by atoms with Crippen molar-refractivity contribution in [2.75, 3.05) is 6.61 Å². The Morgan fingerprint density at radius 2 is 1.85 bits per heavy atom. The van der Waals surface area contributed by atoms with Crippen LogP contribution in [-0.4, -0.2) is 68.4 Å². The lowest BCUT2D eigenvalue weighted by atomic mass is 9.88. The molecule has 1 unspecified atom stereocenters. The second-order valence-corrected chi connectivity index (χ2v) is 5.57. The van der Waals surface area contributed by atoms with E-state index in [-0.39, 0.29) is 6.42 Å². The first-order chi connectivity index (χ1) is 9.35. The molecule has 0 spiro atoms. The SMILES string of the molecule is CCCCCC(N)C[C@]1(O)O[C@H](CO)[C@H](O)[C@H](O)[C@H]1O. The van der Waals surface area contributed by atoms with Crippen molar-refractivity contribution >= 4 is 0 Å². The Balaban J connectivity index is 2.64. The summed E-state index contributed by atoms with van der Waals surface area (Å²) in [7, 11) is 0. The molecule has 1 fully saturated rings. The topological polar surface area (TPSA) is 136 Å². The Labute approximate surface area is 119 Å². The first kappa shape index (κ1) is 17.8. The van der Waals surface area contributed by atoms with Crippen LogP contribution in [0.25, 0.3) is 0 Å². The number of unbranched alkanes of at least 4 members (excludes halogenated alkanes) is 2. The van der Waals surface area contributed by atoms with Gasteiger partial charge in [0.1, 0.15) is 24.4 Å². The summed E-state index contributed by atoms with van der Waals surface area (Å²) in [5, 5.41) is 48.6. The smallest absolute Gasteiger partial charge is 0.196 e. The quantitative estimate of drug-likeness (QED) is 0.313. The third kappa shape index (κ3) is 4.11. The predicted molar refractivity (Wildman–Crippen MR) is 71.7 cm³/mol. The zero-order chi connectivity index (χ0) is 15.3. The Morgan fingerprint density at radius 3 is 2.40 bits per heavy atom. The summed E-state index contributed by atoms with van der Waals surface area (Å²) in [5.41, 5.74) is 5.90. The van der Waals surface area contributed by atoms with E-state index in [1.165, 1.54) is 0 Å². The van der Waals surface area contributed by atoms with Gasteiger partial charge in [-0.3, -0.25) is 0 Å². The molecule has 0 saturated carbocycles. The molecule has 120 valence electrons. The third-order valence-corrected chi connectivity index (χ3v) is 3.79. The highest BCUT2D eigenvalue weighted by atomic mass is 16.7. The number of aliphatic hydroxyl groups excluding tert-OH is 4. The first-order valence-corrected chi connectivity index (χ1v) is 7.16. The minimum atomic E-state index is -2.06. The van der Waals surface area contributed by atoms with Crippen molar-refractivity contribution in [1.29, 1.82) is 0 Å². The fourth-order valence-electron chi connectivity index (χ4n) is 2.52. The standard InChI is InChI=1S/C13H27NO6/c1-2-3-4-5-8(14)6-13(19)12(18)11(17)10(16)9(7-15)20-13/h8-12,15-19H,2-7,14H2,1H3/t8?,9-,10+,11+,12-,13+/m1/s1. The van der Waals surface area contributed by atoms with E-state index in [1.54, 1.807) is 0 Å². The normalized spacial score (nSPS) is 39.8. The lowest BCUT2D eigenvalue weighted by molar-refractivity contribution is -0.352. The molecule has 1 rings (SSSR count). The number of aliphatic hydroxyl groups is 5. The van der Waals surface area contributed by atoms with E-state index in [0.717, 1.165) is 19.3 Å². The summed E-state index contributed by atoms with van der Waals surface area (Å²) in [6, 6.07) is -0.400. The van der Waals surface area contributed by atoms with Gasteiger partial charge in [0.2, 0.25) is 0 Å². The molecule has 0 amide bonds. The summed E-state index contributed by atoms with van der Waals surface area (Å²) in [5.74, 6) is -2.06. The molecule has 0 radical (unpaired) electrons. The van der Waals surface area contributed by atoms with Crippen LogP contribution in [-0.2, 0) is 4.74 Å². The lowest BCUT2D eigenvalue weighted by Crippen LogP contribution is -2.66. The molecule has 7 N–H and O–H groups in total. The van der Waals surface area contributed by atoms with E-state index >= 15 is 0 Å². The van der Waals surface area contributed by atoms with E-state index in [4.69, 9.17) is 15.6 Å². The van der Waals surface area contributed by atoms with Crippen LogP contribution in [0.2, 0.25) is 0 Å². The molecule has 0 aromatic heterocycles.